The van der Waals surface area contributed by atoms with Gasteiger partial charge in [0.25, 0.3) is 0 Å². The molecule has 1 aromatic carbocycles. The Morgan fingerprint density at radius 1 is 1.16 bits per heavy atom. The Labute approximate surface area is 146 Å². The topological polar surface area (TPSA) is 104 Å². The van der Waals surface area contributed by atoms with Crippen LogP contribution in [0.4, 0.5) is 0 Å². The molecule has 4 atom stereocenters. The predicted molar refractivity (Wildman–Crippen MR) is 91.7 cm³/mol. The number of benzene rings is 1. The summed E-state index contributed by atoms with van der Waals surface area (Å²) < 4.78 is 0. The summed E-state index contributed by atoms with van der Waals surface area (Å²) in [5, 5.41) is 26.5. The van der Waals surface area contributed by atoms with Crippen LogP contribution in [0.15, 0.2) is 24.3 Å². The average molecular weight is 341 g/mol. The van der Waals surface area contributed by atoms with Crippen molar-refractivity contribution in [1.29, 1.82) is 0 Å². The van der Waals surface area contributed by atoms with Crippen molar-refractivity contribution >= 4 is 5.97 Å². The maximum absolute atomic E-state index is 11.3. The number of fused-ring (bicyclic) bond motifs is 1. The van der Waals surface area contributed by atoms with Crippen molar-refractivity contribution in [3.05, 3.63) is 29.8 Å². The van der Waals surface area contributed by atoms with Crippen molar-refractivity contribution in [3.8, 4) is 11.4 Å². The quantitative estimate of drug-likeness (QED) is 0.784. The zero-order valence-electron chi connectivity index (χ0n) is 14.1. The Bertz CT molecular complexity index is 716. The van der Waals surface area contributed by atoms with E-state index in [0.717, 1.165) is 31.4 Å². The van der Waals surface area contributed by atoms with Gasteiger partial charge < -0.3 is 10.4 Å². The minimum absolute atomic E-state index is 0.366. The van der Waals surface area contributed by atoms with Crippen molar-refractivity contribution in [2.75, 3.05) is 6.54 Å². The van der Waals surface area contributed by atoms with E-state index < -0.39 is 5.97 Å². The van der Waals surface area contributed by atoms with Crippen LogP contribution < -0.4 is 5.32 Å². The fourth-order valence-electron chi connectivity index (χ4n) is 4.44. The van der Waals surface area contributed by atoms with E-state index in [-0.39, 0.29) is 6.04 Å². The van der Waals surface area contributed by atoms with Gasteiger partial charge >= 0.3 is 5.97 Å². The maximum Gasteiger partial charge on any atom is 0.320 e. The first-order valence-corrected chi connectivity index (χ1v) is 8.98. The summed E-state index contributed by atoms with van der Waals surface area (Å²) in [5.41, 5.74) is 2.28. The lowest BCUT2D eigenvalue weighted by atomic mass is 9.68. The molecular weight excluding hydrogens is 318 g/mol. The Morgan fingerprint density at radius 2 is 2.00 bits per heavy atom. The highest BCUT2D eigenvalue weighted by atomic mass is 16.4. The van der Waals surface area contributed by atoms with Gasteiger partial charge in [0.2, 0.25) is 5.82 Å². The number of carboxylic acid groups (broad SMARTS) is 1. The standard InChI is InChI=1S/C18H23N5O2/c24-18(25)16-9-15-8-12(3-6-14(15)10-19-16)7-11-1-4-13(5-2-11)17-20-22-23-21-17/h1-2,4-5,12,14-16,19H,3,6-10H2,(H,24,25)(H,20,21,22,23)/t12-,14+,15-,16+/m1/s1. The van der Waals surface area contributed by atoms with Gasteiger partial charge in [-0.25, -0.2) is 0 Å². The second-order valence-electron chi connectivity index (χ2n) is 7.37. The number of nitrogens with zero attached hydrogens (tertiary/aromatic N) is 3. The summed E-state index contributed by atoms with van der Waals surface area (Å²) >= 11 is 0. The van der Waals surface area contributed by atoms with E-state index in [9.17, 15) is 9.90 Å². The molecule has 4 rings (SSSR count). The molecule has 3 N–H and O–H groups in total. The van der Waals surface area contributed by atoms with Gasteiger partial charge in [-0.3, -0.25) is 4.79 Å². The van der Waals surface area contributed by atoms with Gasteiger partial charge in [0.1, 0.15) is 6.04 Å². The molecule has 2 fully saturated rings. The lowest BCUT2D eigenvalue weighted by Crippen LogP contribution is -2.49. The van der Waals surface area contributed by atoms with Crippen molar-refractivity contribution in [3.63, 3.8) is 0 Å². The first-order valence-electron chi connectivity index (χ1n) is 8.98. The summed E-state index contributed by atoms with van der Waals surface area (Å²) in [6.45, 7) is 0.855. The van der Waals surface area contributed by atoms with E-state index in [1.54, 1.807) is 0 Å². The molecule has 1 aliphatic carbocycles. The number of hydrogen-bond donors (Lipinski definition) is 3. The molecule has 0 bridgehead atoms. The van der Waals surface area contributed by atoms with E-state index in [1.165, 1.54) is 18.4 Å². The van der Waals surface area contributed by atoms with Crippen LogP contribution in [0, 0.1) is 17.8 Å². The fraction of sp³-hybridized carbons (Fsp3) is 0.556. The largest absolute Gasteiger partial charge is 0.480 e. The van der Waals surface area contributed by atoms with Gasteiger partial charge in [-0.05, 0) is 67.2 Å². The highest BCUT2D eigenvalue weighted by Crippen LogP contribution is 2.39. The molecule has 1 saturated heterocycles. The zero-order valence-corrected chi connectivity index (χ0v) is 14.1. The smallest absolute Gasteiger partial charge is 0.320 e. The van der Waals surface area contributed by atoms with Crippen LogP contribution in [-0.2, 0) is 11.2 Å². The molecular formula is C18H23N5O2. The molecule has 2 aliphatic rings. The van der Waals surface area contributed by atoms with Crippen LogP contribution in [0.2, 0.25) is 0 Å². The van der Waals surface area contributed by atoms with Gasteiger partial charge in [-0.2, -0.15) is 5.21 Å². The molecule has 1 aliphatic heterocycles. The number of piperidine rings is 1. The molecule has 132 valence electrons. The fourth-order valence-corrected chi connectivity index (χ4v) is 4.44. The third kappa shape index (κ3) is 3.56. The van der Waals surface area contributed by atoms with E-state index in [0.29, 0.717) is 23.6 Å². The van der Waals surface area contributed by atoms with Gasteiger partial charge in [0.05, 0.1) is 0 Å². The monoisotopic (exact) mass is 341 g/mol. The molecule has 2 heterocycles. The third-order valence-corrected chi connectivity index (χ3v) is 5.79. The zero-order chi connectivity index (χ0) is 17.2. The highest BCUT2D eigenvalue weighted by molar-refractivity contribution is 5.73. The number of tetrazole rings is 1. The molecule has 0 radical (unpaired) electrons. The van der Waals surface area contributed by atoms with Crippen LogP contribution in [0.3, 0.4) is 0 Å². The number of rotatable bonds is 4. The van der Waals surface area contributed by atoms with Crippen LogP contribution in [0.5, 0.6) is 0 Å². The summed E-state index contributed by atoms with van der Waals surface area (Å²) in [5.74, 6) is 1.73. The molecule has 2 aromatic rings. The van der Waals surface area contributed by atoms with Crippen LogP contribution >= 0.6 is 0 Å². The Balaban J connectivity index is 1.37. The van der Waals surface area contributed by atoms with Crippen LogP contribution in [-0.4, -0.2) is 44.3 Å². The van der Waals surface area contributed by atoms with E-state index in [4.69, 9.17) is 0 Å². The molecule has 25 heavy (non-hydrogen) atoms. The van der Waals surface area contributed by atoms with E-state index in [2.05, 4.69) is 38.1 Å². The number of nitrogens with one attached hydrogen (secondary N) is 2. The number of aromatic amines is 1. The predicted octanol–water partition coefficient (Wildman–Crippen LogP) is 1.89. The van der Waals surface area contributed by atoms with Crippen molar-refractivity contribution < 1.29 is 9.90 Å². The van der Waals surface area contributed by atoms with Gasteiger partial charge in [0, 0.05) is 5.56 Å². The van der Waals surface area contributed by atoms with Crippen LogP contribution in [0.25, 0.3) is 11.4 Å². The normalized spacial score (nSPS) is 29.1. The maximum atomic E-state index is 11.3. The molecule has 0 spiro atoms. The molecule has 1 saturated carbocycles. The first kappa shape index (κ1) is 16.2. The second kappa shape index (κ2) is 6.92. The van der Waals surface area contributed by atoms with Crippen molar-refractivity contribution in [1.82, 2.24) is 25.9 Å². The summed E-state index contributed by atoms with van der Waals surface area (Å²) in [4.78, 5) is 11.3. The molecule has 0 amide bonds. The summed E-state index contributed by atoms with van der Waals surface area (Å²) in [6.07, 6.45) is 5.40. The number of H-pyrrole nitrogens is 1. The molecule has 7 heteroatoms. The lowest BCUT2D eigenvalue weighted by molar-refractivity contribution is -0.141. The Kier molecular flexibility index (Phi) is 4.48. The SMILES string of the molecule is O=C(O)[C@@H]1C[C@H]2C[C@@H](Cc3ccc(-c4nn[nH]n4)cc3)CC[C@H]2CN1. The van der Waals surface area contributed by atoms with E-state index >= 15 is 0 Å². The minimum Gasteiger partial charge on any atom is -0.480 e. The van der Waals surface area contributed by atoms with Crippen LogP contribution in [0.1, 0.15) is 31.2 Å². The van der Waals surface area contributed by atoms with Gasteiger partial charge in [0.15, 0.2) is 0 Å². The number of aromatic nitrogens is 4. The number of carboxylic acids is 1. The highest BCUT2D eigenvalue weighted by Gasteiger charge is 2.37. The Morgan fingerprint density at radius 3 is 2.72 bits per heavy atom. The molecule has 0 unspecified atom stereocenters. The second-order valence-corrected chi connectivity index (χ2v) is 7.37. The average Bonchev–Trinajstić information content (AvgIpc) is 3.16. The molecule has 1 aromatic heterocycles. The van der Waals surface area contributed by atoms with Gasteiger partial charge in [-0.1, -0.05) is 24.3 Å². The van der Waals surface area contributed by atoms with E-state index in [1.807, 2.05) is 12.1 Å². The molecule has 7 nitrogen and oxygen atoms in total. The Hall–Kier alpha value is -2.28. The third-order valence-electron chi connectivity index (χ3n) is 5.79. The van der Waals surface area contributed by atoms with Crippen molar-refractivity contribution in [2.45, 2.75) is 38.1 Å². The number of aliphatic carboxylic acids is 1. The van der Waals surface area contributed by atoms with Crippen molar-refractivity contribution in [2.24, 2.45) is 17.8 Å². The summed E-state index contributed by atoms with van der Waals surface area (Å²) in [7, 11) is 0. The minimum atomic E-state index is -0.711. The first-order chi connectivity index (χ1) is 12.2. The number of carbonyl (C=O) groups is 1. The summed E-state index contributed by atoms with van der Waals surface area (Å²) in [6, 6.07) is 7.99. The van der Waals surface area contributed by atoms with Gasteiger partial charge in [-0.15, -0.1) is 10.2 Å². The lowest BCUT2D eigenvalue weighted by Gasteiger charge is -2.41. The number of hydrogen-bond acceptors (Lipinski definition) is 5.